The number of hydrogen-bond donors (Lipinski definition) is 1. The first kappa shape index (κ1) is 11.4. The van der Waals surface area contributed by atoms with E-state index in [0.29, 0.717) is 6.42 Å². The van der Waals surface area contributed by atoms with E-state index in [-0.39, 0.29) is 5.41 Å². The van der Waals surface area contributed by atoms with Crippen LogP contribution in [0.15, 0.2) is 0 Å². The van der Waals surface area contributed by atoms with Gasteiger partial charge in [0.15, 0.2) is 6.10 Å². The van der Waals surface area contributed by atoms with E-state index in [0.717, 1.165) is 6.42 Å². The summed E-state index contributed by atoms with van der Waals surface area (Å²) < 4.78 is 4.39. The van der Waals surface area contributed by atoms with Crippen molar-refractivity contribution in [2.45, 2.75) is 39.7 Å². The minimum absolute atomic E-state index is 0.148. The average Bonchev–Trinajstić information content (AvgIpc) is 1.97. The third kappa shape index (κ3) is 5.13. The standard InChI is InChI=1S/C9H18O3/c1-9(2,3)6-5-7(10)8(11)12-4/h7,10H,5-6H2,1-4H3/t7-/m1/s1. The van der Waals surface area contributed by atoms with Gasteiger partial charge in [0.05, 0.1) is 7.11 Å². The first-order valence-corrected chi connectivity index (χ1v) is 4.13. The Morgan fingerprint density at radius 3 is 2.33 bits per heavy atom. The normalized spacial score (nSPS) is 14.1. The summed E-state index contributed by atoms with van der Waals surface area (Å²) in [7, 11) is 1.28. The highest BCUT2D eigenvalue weighted by molar-refractivity contribution is 5.74. The van der Waals surface area contributed by atoms with Crippen LogP contribution in [0, 0.1) is 5.41 Å². The molecule has 3 nitrogen and oxygen atoms in total. The van der Waals surface area contributed by atoms with Crippen molar-refractivity contribution in [1.29, 1.82) is 0 Å². The summed E-state index contributed by atoms with van der Waals surface area (Å²) in [5.41, 5.74) is 0.148. The van der Waals surface area contributed by atoms with Gasteiger partial charge in [-0.1, -0.05) is 20.8 Å². The molecule has 0 spiro atoms. The predicted octanol–water partition coefficient (Wildman–Crippen LogP) is 1.35. The van der Waals surface area contributed by atoms with Crippen LogP contribution in [0.25, 0.3) is 0 Å². The van der Waals surface area contributed by atoms with Crippen molar-refractivity contribution in [3.05, 3.63) is 0 Å². The first-order chi connectivity index (χ1) is 5.37. The minimum Gasteiger partial charge on any atom is -0.467 e. The molecule has 0 aliphatic rings. The molecule has 12 heavy (non-hydrogen) atoms. The predicted molar refractivity (Wildman–Crippen MR) is 46.7 cm³/mol. The van der Waals surface area contributed by atoms with Crippen molar-refractivity contribution >= 4 is 5.97 Å². The van der Waals surface area contributed by atoms with Crippen LogP contribution < -0.4 is 0 Å². The summed E-state index contributed by atoms with van der Waals surface area (Å²) in [5, 5.41) is 9.21. The van der Waals surface area contributed by atoms with Crippen LogP contribution in [0.2, 0.25) is 0 Å². The Balaban J connectivity index is 3.72. The lowest BCUT2D eigenvalue weighted by Gasteiger charge is -2.19. The van der Waals surface area contributed by atoms with E-state index in [4.69, 9.17) is 0 Å². The lowest BCUT2D eigenvalue weighted by atomic mass is 9.89. The van der Waals surface area contributed by atoms with E-state index >= 15 is 0 Å². The fourth-order valence-corrected chi connectivity index (χ4v) is 0.824. The number of ether oxygens (including phenoxy) is 1. The summed E-state index contributed by atoms with van der Waals surface area (Å²) >= 11 is 0. The van der Waals surface area contributed by atoms with Crippen molar-refractivity contribution in [1.82, 2.24) is 0 Å². The summed E-state index contributed by atoms with van der Waals surface area (Å²) in [4.78, 5) is 10.8. The Labute approximate surface area is 73.7 Å². The number of methoxy groups -OCH3 is 1. The number of aliphatic hydroxyl groups is 1. The van der Waals surface area contributed by atoms with Crippen molar-refractivity contribution in [3.63, 3.8) is 0 Å². The van der Waals surface area contributed by atoms with E-state index in [1.165, 1.54) is 7.11 Å². The Bertz CT molecular complexity index is 146. The highest BCUT2D eigenvalue weighted by Gasteiger charge is 2.18. The second-order valence-corrected chi connectivity index (χ2v) is 4.14. The molecule has 0 aliphatic heterocycles. The van der Waals surface area contributed by atoms with Gasteiger partial charge in [-0.05, 0) is 18.3 Å². The molecule has 0 saturated carbocycles. The second-order valence-electron chi connectivity index (χ2n) is 4.14. The fraction of sp³-hybridized carbons (Fsp3) is 0.889. The molecule has 0 aromatic heterocycles. The van der Waals surface area contributed by atoms with Crippen LogP contribution in [0.3, 0.4) is 0 Å². The van der Waals surface area contributed by atoms with Gasteiger partial charge in [0.2, 0.25) is 0 Å². The van der Waals surface area contributed by atoms with Gasteiger partial charge < -0.3 is 9.84 Å². The third-order valence-corrected chi connectivity index (χ3v) is 1.64. The third-order valence-electron chi connectivity index (χ3n) is 1.64. The summed E-state index contributed by atoms with van der Waals surface area (Å²) in [6.45, 7) is 6.20. The van der Waals surface area contributed by atoms with Gasteiger partial charge in [0, 0.05) is 0 Å². The molecule has 0 radical (unpaired) electrons. The Morgan fingerprint density at radius 1 is 1.50 bits per heavy atom. The largest absolute Gasteiger partial charge is 0.467 e. The SMILES string of the molecule is COC(=O)[C@H](O)CCC(C)(C)C. The fourth-order valence-electron chi connectivity index (χ4n) is 0.824. The number of carbonyl (C=O) groups is 1. The van der Waals surface area contributed by atoms with Gasteiger partial charge in [-0.15, -0.1) is 0 Å². The first-order valence-electron chi connectivity index (χ1n) is 4.13. The van der Waals surface area contributed by atoms with Gasteiger partial charge in [-0.2, -0.15) is 0 Å². The number of esters is 1. The summed E-state index contributed by atoms with van der Waals surface area (Å²) in [5.74, 6) is -0.542. The number of carbonyl (C=O) groups excluding carboxylic acids is 1. The molecule has 0 aromatic carbocycles. The van der Waals surface area contributed by atoms with Crippen LogP contribution >= 0.6 is 0 Å². The van der Waals surface area contributed by atoms with Crippen molar-refractivity contribution in [2.75, 3.05) is 7.11 Å². The smallest absolute Gasteiger partial charge is 0.334 e. The van der Waals surface area contributed by atoms with Crippen LogP contribution in [-0.4, -0.2) is 24.3 Å². The molecule has 0 heterocycles. The lowest BCUT2D eigenvalue weighted by Crippen LogP contribution is -2.23. The molecule has 0 rings (SSSR count). The highest BCUT2D eigenvalue weighted by Crippen LogP contribution is 2.21. The molecule has 72 valence electrons. The van der Waals surface area contributed by atoms with E-state index < -0.39 is 12.1 Å². The zero-order valence-electron chi connectivity index (χ0n) is 8.26. The minimum atomic E-state index is -0.964. The Hall–Kier alpha value is -0.570. The molecule has 1 atom stereocenters. The van der Waals surface area contributed by atoms with Crippen LogP contribution in [0.5, 0.6) is 0 Å². The van der Waals surface area contributed by atoms with Crippen LogP contribution in [0.1, 0.15) is 33.6 Å². The van der Waals surface area contributed by atoms with Gasteiger partial charge in [-0.25, -0.2) is 4.79 Å². The number of hydrogen-bond acceptors (Lipinski definition) is 3. The second kappa shape index (κ2) is 4.45. The molecule has 0 aromatic rings. The molecule has 3 heteroatoms. The molecule has 0 fully saturated rings. The molecule has 1 N–H and O–H groups in total. The van der Waals surface area contributed by atoms with Crippen LogP contribution in [0.4, 0.5) is 0 Å². The molecular weight excluding hydrogens is 156 g/mol. The van der Waals surface area contributed by atoms with Crippen molar-refractivity contribution < 1.29 is 14.6 Å². The monoisotopic (exact) mass is 174 g/mol. The maximum atomic E-state index is 10.8. The van der Waals surface area contributed by atoms with Crippen molar-refractivity contribution in [3.8, 4) is 0 Å². The Kier molecular flexibility index (Phi) is 4.24. The van der Waals surface area contributed by atoms with Crippen molar-refractivity contribution in [2.24, 2.45) is 5.41 Å². The molecule has 0 saturated heterocycles. The average molecular weight is 174 g/mol. The highest BCUT2D eigenvalue weighted by atomic mass is 16.5. The van der Waals surface area contributed by atoms with Gasteiger partial charge in [0.1, 0.15) is 0 Å². The van der Waals surface area contributed by atoms with Gasteiger partial charge >= 0.3 is 5.97 Å². The van der Waals surface area contributed by atoms with Gasteiger partial charge in [0.25, 0.3) is 0 Å². The summed E-state index contributed by atoms with van der Waals surface area (Å²) in [6, 6.07) is 0. The van der Waals surface area contributed by atoms with E-state index in [1.807, 2.05) is 0 Å². The van der Waals surface area contributed by atoms with E-state index in [1.54, 1.807) is 0 Å². The zero-order chi connectivity index (χ0) is 9.78. The number of aliphatic hydroxyl groups excluding tert-OH is 1. The molecule has 0 amide bonds. The lowest BCUT2D eigenvalue weighted by molar-refractivity contribution is -0.150. The van der Waals surface area contributed by atoms with E-state index in [2.05, 4.69) is 25.5 Å². The maximum absolute atomic E-state index is 10.8. The molecule has 0 unspecified atom stereocenters. The zero-order valence-corrected chi connectivity index (χ0v) is 8.26. The van der Waals surface area contributed by atoms with Gasteiger partial charge in [-0.3, -0.25) is 0 Å². The van der Waals surface area contributed by atoms with E-state index in [9.17, 15) is 9.90 Å². The molecule has 0 bridgehead atoms. The number of rotatable bonds is 3. The maximum Gasteiger partial charge on any atom is 0.334 e. The molecular formula is C9H18O3. The molecule has 0 aliphatic carbocycles. The Morgan fingerprint density at radius 2 is 2.00 bits per heavy atom. The quantitative estimate of drug-likeness (QED) is 0.657. The topological polar surface area (TPSA) is 46.5 Å². The summed E-state index contributed by atoms with van der Waals surface area (Å²) in [6.07, 6.45) is 0.314. The van der Waals surface area contributed by atoms with Crippen LogP contribution in [-0.2, 0) is 9.53 Å².